The predicted molar refractivity (Wildman–Crippen MR) is 62.6 cm³/mol. The third kappa shape index (κ3) is 1.66. The molecular weight excluding hydrogens is 202 g/mol. The van der Waals surface area contributed by atoms with Gasteiger partial charge in [-0.3, -0.25) is 9.20 Å². The molecule has 1 N–H and O–H groups in total. The van der Waals surface area contributed by atoms with E-state index in [4.69, 9.17) is 0 Å². The van der Waals surface area contributed by atoms with Crippen LogP contribution in [0.15, 0.2) is 24.4 Å². The maximum absolute atomic E-state index is 11.9. The van der Waals surface area contributed by atoms with Gasteiger partial charge in [0.25, 0.3) is 5.91 Å². The molecule has 0 aliphatic carbocycles. The van der Waals surface area contributed by atoms with Crippen LogP contribution in [0, 0.1) is 0 Å². The molecule has 0 radical (unpaired) electrons. The molecule has 0 aliphatic heterocycles. The summed E-state index contributed by atoms with van der Waals surface area (Å²) >= 11 is 0. The van der Waals surface area contributed by atoms with Crippen LogP contribution in [-0.4, -0.2) is 21.8 Å². The lowest BCUT2D eigenvalue weighted by atomic mass is 10.2. The molecule has 2 rings (SSSR count). The topological polar surface area (TPSA) is 46.4 Å². The molecule has 2 aromatic rings. The molecule has 0 unspecified atom stereocenters. The minimum atomic E-state index is -0.0574. The normalized spacial score (nSPS) is 10.6. The fourth-order valence-corrected chi connectivity index (χ4v) is 1.78. The SMILES string of the molecule is CCNC(=O)c1c(CC)nc2ccccn12. The number of hydrogen-bond acceptors (Lipinski definition) is 2. The Bertz CT molecular complexity index is 516. The number of pyridine rings is 1. The van der Waals surface area contributed by atoms with Crippen LogP contribution in [0.25, 0.3) is 5.65 Å². The van der Waals surface area contributed by atoms with E-state index < -0.39 is 0 Å². The second-order valence-corrected chi connectivity index (χ2v) is 3.55. The van der Waals surface area contributed by atoms with Gasteiger partial charge in [-0.1, -0.05) is 13.0 Å². The zero-order valence-electron chi connectivity index (χ0n) is 9.53. The number of carbonyl (C=O) groups is 1. The fraction of sp³-hybridized carbons (Fsp3) is 0.333. The van der Waals surface area contributed by atoms with Crippen molar-refractivity contribution < 1.29 is 4.79 Å². The lowest BCUT2D eigenvalue weighted by Crippen LogP contribution is -2.25. The van der Waals surface area contributed by atoms with Crippen molar-refractivity contribution in [3.05, 3.63) is 35.8 Å². The summed E-state index contributed by atoms with van der Waals surface area (Å²) in [6.07, 6.45) is 2.63. The molecule has 0 aliphatic rings. The van der Waals surface area contributed by atoms with Crippen LogP contribution in [0.2, 0.25) is 0 Å². The van der Waals surface area contributed by atoms with E-state index in [-0.39, 0.29) is 5.91 Å². The zero-order valence-corrected chi connectivity index (χ0v) is 9.53. The molecule has 4 nitrogen and oxygen atoms in total. The number of aromatic nitrogens is 2. The Morgan fingerprint density at radius 2 is 2.25 bits per heavy atom. The van der Waals surface area contributed by atoms with Gasteiger partial charge in [-0.2, -0.15) is 0 Å². The molecule has 16 heavy (non-hydrogen) atoms. The third-order valence-corrected chi connectivity index (χ3v) is 2.49. The van der Waals surface area contributed by atoms with Gasteiger partial charge < -0.3 is 5.32 Å². The number of nitrogens with zero attached hydrogens (tertiary/aromatic N) is 2. The van der Waals surface area contributed by atoms with E-state index in [0.29, 0.717) is 12.2 Å². The average molecular weight is 217 g/mol. The molecule has 1 amide bonds. The number of carbonyl (C=O) groups excluding carboxylic acids is 1. The average Bonchev–Trinajstić information content (AvgIpc) is 2.67. The van der Waals surface area contributed by atoms with Gasteiger partial charge in [-0.25, -0.2) is 4.98 Å². The van der Waals surface area contributed by atoms with Gasteiger partial charge in [0.2, 0.25) is 0 Å². The summed E-state index contributed by atoms with van der Waals surface area (Å²) < 4.78 is 1.84. The molecule has 2 heterocycles. The van der Waals surface area contributed by atoms with Crippen LogP contribution >= 0.6 is 0 Å². The number of amides is 1. The van der Waals surface area contributed by atoms with Gasteiger partial charge >= 0.3 is 0 Å². The monoisotopic (exact) mass is 217 g/mol. The largest absolute Gasteiger partial charge is 0.351 e. The Balaban J connectivity index is 2.60. The first-order valence-corrected chi connectivity index (χ1v) is 5.52. The van der Waals surface area contributed by atoms with E-state index in [1.807, 2.05) is 42.6 Å². The standard InChI is InChI=1S/C12H15N3O/c1-3-9-11(12(16)13-4-2)15-8-6-5-7-10(15)14-9/h5-8H,3-4H2,1-2H3,(H,13,16). The lowest BCUT2D eigenvalue weighted by Gasteiger charge is -2.03. The van der Waals surface area contributed by atoms with Crippen LogP contribution in [0.5, 0.6) is 0 Å². The first-order valence-electron chi connectivity index (χ1n) is 5.52. The summed E-state index contributed by atoms with van der Waals surface area (Å²) in [6, 6.07) is 5.72. The van der Waals surface area contributed by atoms with Crippen molar-refractivity contribution in [1.29, 1.82) is 0 Å². The van der Waals surface area contributed by atoms with E-state index in [1.165, 1.54) is 0 Å². The third-order valence-electron chi connectivity index (χ3n) is 2.49. The maximum atomic E-state index is 11.9. The minimum absolute atomic E-state index is 0.0574. The molecule has 0 aromatic carbocycles. The number of imidazole rings is 1. The molecule has 0 saturated carbocycles. The number of aryl methyl sites for hydroxylation is 1. The van der Waals surface area contributed by atoms with Crippen molar-refractivity contribution in [2.45, 2.75) is 20.3 Å². The van der Waals surface area contributed by atoms with Crippen LogP contribution in [-0.2, 0) is 6.42 Å². The van der Waals surface area contributed by atoms with Crippen molar-refractivity contribution in [3.63, 3.8) is 0 Å². The summed E-state index contributed by atoms with van der Waals surface area (Å²) in [7, 11) is 0. The molecule has 0 atom stereocenters. The molecule has 0 spiro atoms. The summed E-state index contributed by atoms with van der Waals surface area (Å²) in [5.74, 6) is -0.0574. The van der Waals surface area contributed by atoms with Gasteiger partial charge in [-0.15, -0.1) is 0 Å². The molecule has 0 fully saturated rings. The highest BCUT2D eigenvalue weighted by atomic mass is 16.1. The summed E-state index contributed by atoms with van der Waals surface area (Å²) in [5, 5.41) is 2.82. The van der Waals surface area contributed by atoms with E-state index in [0.717, 1.165) is 17.8 Å². The van der Waals surface area contributed by atoms with E-state index >= 15 is 0 Å². The zero-order chi connectivity index (χ0) is 11.5. The van der Waals surface area contributed by atoms with Crippen LogP contribution in [0.4, 0.5) is 0 Å². The van der Waals surface area contributed by atoms with E-state index in [2.05, 4.69) is 10.3 Å². The van der Waals surface area contributed by atoms with Crippen molar-refractivity contribution >= 4 is 11.6 Å². The number of rotatable bonds is 3. The maximum Gasteiger partial charge on any atom is 0.270 e. The second kappa shape index (κ2) is 4.35. The van der Waals surface area contributed by atoms with E-state index in [1.54, 1.807) is 0 Å². The molecule has 84 valence electrons. The van der Waals surface area contributed by atoms with Gasteiger partial charge in [0.1, 0.15) is 11.3 Å². The Labute approximate surface area is 94.3 Å². The summed E-state index contributed by atoms with van der Waals surface area (Å²) in [6.45, 7) is 4.54. The van der Waals surface area contributed by atoms with E-state index in [9.17, 15) is 4.79 Å². The molecule has 0 bridgehead atoms. The molecule has 4 heteroatoms. The van der Waals surface area contributed by atoms with Crippen molar-refractivity contribution in [2.24, 2.45) is 0 Å². The lowest BCUT2D eigenvalue weighted by molar-refractivity contribution is 0.0949. The van der Waals surface area contributed by atoms with Crippen LogP contribution < -0.4 is 5.32 Å². The van der Waals surface area contributed by atoms with Crippen LogP contribution in [0.3, 0.4) is 0 Å². The summed E-state index contributed by atoms with van der Waals surface area (Å²) in [5.41, 5.74) is 2.32. The molecule has 2 aromatic heterocycles. The highest BCUT2D eigenvalue weighted by Crippen LogP contribution is 2.13. The minimum Gasteiger partial charge on any atom is -0.351 e. The van der Waals surface area contributed by atoms with Gasteiger partial charge in [0.15, 0.2) is 0 Å². The van der Waals surface area contributed by atoms with Crippen LogP contribution in [0.1, 0.15) is 30.0 Å². The summed E-state index contributed by atoms with van der Waals surface area (Å²) in [4.78, 5) is 16.4. The predicted octanol–water partition coefficient (Wildman–Crippen LogP) is 1.65. The highest BCUT2D eigenvalue weighted by molar-refractivity contribution is 5.94. The molecule has 0 saturated heterocycles. The molecular formula is C12H15N3O. The highest BCUT2D eigenvalue weighted by Gasteiger charge is 2.16. The quantitative estimate of drug-likeness (QED) is 0.849. The van der Waals surface area contributed by atoms with Gasteiger partial charge in [0.05, 0.1) is 5.69 Å². The first kappa shape index (κ1) is 10.7. The number of nitrogens with one attached hydrogen (secondary N) is 1. The van der Waals surface area contributed by atoms with Crippen molar-refractivity contribution in [3.8, 4) is 0 Å². The van der Waals surface area contributed by atoms with Crippen molar-refractivity contribution in [2.75, 3.05) is 6.54 Å². The van der Waals surface area contributed by atoms with Gasteiger partial charge in [0, 0.05) is 12.7 Å². The smallest absolute Gasteiger partial charge is 0.270 e. The fourth-order valence-electron chi connectivity index (χ4n) is 1.78. The Kier molecular flexibility index (Phi) is 2.90. The van der Waals surface area contributed by atoms with Crippen molar-refractivity contribution in [1.82, 2.24) is 14.7 Å². The first-order chi connectivity index (χ1) is 7.77. The van der Waals surface area contributed by atoms with Gasteiger partial charge in [-0.05, 0) is 25.5 Å². The Hall–Kier alpha value is -1.84. The number of hydrogen-bond donors (Lipinski definition) is 1. The Morgan fingerprint density at radius 1 is 1.44 bits per heavy atom. The number of fused-ring (bicyclic) bond motifs is 1. The second-order valence-electron chi connectivity index (χ2n) is 3.55. The Morgan fingerprint density at radius 3 is 2.94 bits per heavy atom.